The van der Waals surface area contributed by atoms with Gasteiger partial charge in [0.2, 0.25) is 5.91 Å². The highest BCUT2D eigenvalue weighted by Crippen LogP contribution is 2.02. The summed E-state index contributed by atoms with van der Waals surface area (Å²) in [4.78, 5) is 11.8. The normalized spacial score (nSPS) is 12.1. The van der Waals surface area contributed by atoms with Crippen LogP contribution in [0.4, 0.5) is 0 Å². The van der Waals surface area contributed by atoms with E-state index in [0.717, 1.165) is 11.3 Å². The highest BCUT2D eigenvalue weighted by atomic mass is 16.3. The molecule has 1 aromatic heterocycles. The lowest BCUT2D eigenvalue weighted by Gasteiger charge is -2.11. The molecule has 100 valence electrons. The fraction of sp³-hybridized carbons (Fsp3) is 0.267. The van der Waals surface area contributed by atoms with Gasteiger partial charge in [-0.3, -0.25) is 4.79 Å². The highest BCUT2D eigenvalue weighted by molar-refractivity contribution is 5.81. The molecule has 0 spiro atoms. The third kappa shape index (κ3) is 4.26. The van der Waals surface area contributed by atoms with Crippen molar-refractivity contribution in [1.82, 2.24) is 5.32 Å². The van der Waals surface area contributed by atoms with Crippen LogP contribution in [0, 0.1) is 0 Å². The molecule has 3 N–H and O–H groups in total. The fourth-order valence-corrected chi connectivity index (χ4v) is 1.86. The maximum Gasteiger partial charge on any atom is 0.237 e. The molecule has 0 unspecified atom stereocenters. The van der Waals surface area contributed by atoms with Crippen molar-refractivity contribution in [1.29, 1.82) is 0 Å². The number of hydrogen-bond acceptors (Lipinski definition) is 3. The van der Waals surface area contributed by atoms with E-state index in [0.29, 0.717) is 19.4 Å². The lowest BCUT2D eigenvalue weighted by molar-refractivity contribution is -0.122. The van der Waals surface area contributed by atoms with Crippen molar-refractivity contribution in [2.75, 3.05) is 6.54 Å². The molecule has 2 aromatic rings. The molecule has 0 aliphatic rings. The first-order valence-corrected chi connectivity index (χ1v) is 6.35. The van der Waals surface area contributed by atoms with E-state index in [9.17, 15) is 4.79 Å². The second kappa shape index (κ2) is 6.75. The van der Waals surface area contributed by atoms with Crippen molar-refractivity contribution in [3.05, 3.63) is 60.1 Å². The Morgan fingerprint density at radius 1 is 1.21 bits per heavy atom. The average molecular weight is 258 g/mol. The first-order chi connectivity index (χ1) is 9.25. The van der Waals surface area contributed by atoms with Gasteiger partial charge >= 0.3 is 0 Å². The second-order valence-corrected chi connectivity index (χ2v) is 4.42. The molecule has 4 nitrogen and oxygen atoms in total. The molecule has 0 bridgehead atoms. The topological polar surface area (TPSA) is 68.3 Å². The summed E-state index contributed by atoms with van der Waals surface area (Å²) in [7, 11) is 0. The molecule has 0 aliphatic carbocycles. The van der Waals surface area contributed by atoms with Crippen molar-refractivity contribution in [2.24, 2.45) is 5.73 Å². The van der Waals surface area contributed by atoms with E-state index in [1.807, 2.05) is 42.5 Å². The third-order valence-corrected chi connectivity index (χ3v) is 2.89. The van der Waals surface area contributed by atoms with E-state index in [2.05, 4.69) is 5.32 Å². The standard InChI is InChI=1S/C15H18N2O2/c16-14(11-12-5-2-1-3-6-12)15(18)17-9-8-13-7-4-10-19-13/h1-7,10,14H,8-9,11,16H2,(H,17,18)/t14-/m0/s1. The second-order valence-electron chi connectivity index (χ2n) is 4.42. The van der Waals surface area contributed by atoms with E-state index in [-0.39, 0.29) is 5.91 Å². The van der Waals surface area contributed by atoms with Crippen LogP contribution in [-0.2, 0) is 17.6 Å². The fourth-order valence-electron chi connectivity index (χ4n) is 1.86. The van der Waals surface area contributed by atoms with Crippen LogP contribution in [0.1, 0.15) is 11.3 Å². The number of carbonyl (C=O) groups excluding carboxylic acids is 1. The predicted octanol–water partition coefficient (Wildman–Crippen LogP) is 1.51. The zero-order valence-corrected chi connectivity index (χ0v) is 10.7. The van der Waals surface area contributed by atoms with Gasteiger partial charge in [0.25, 0.3) is 0 Å². The molecule has 1 atom stereocenters. The molecular weight excluding hydrogens is 240 g/mol. The van der Waals surface area contributed by atoms with Crippen LogP contribution >= 0.6 is 0 Å². The van der Waals surface area contributed by atoms with Gasteiger partial charge in [-0.05, 0) is 24.1 Å². The van der Waals surface area contributed by atoms with Gasteiger partial charge in [-0.15, -0.1) is 0 Å². The van der Waals surface area contributed by atoms with Crippen LogP contribution in [-0.4, -0.2) is 18.5 Å². The van der Waals surface area contributed by atoms with Gasteiger partial charge in [0.1, 0.15) is 5.76 Å². The summed E-state index contributed by atoms with van der Waals surface area (Å²) in [5, 5.41) is 2.82. The Bertz CT molecular complexity index is 494. The Morgan fingerprint density at radius 3 is 2.68 bits per heavy atom. The number of carbonyl (C=O) groups is 1. The summed E-state index contributed by atoms with van der Waals surface area (Å²) in [5.41, 5.74) is 6.94. The zero-order chi connectivity index (χ0) is 13.5. The van der Waals surface area contributed by atoms with Gasteiger partial charge < -0.3 is 15.5 Å². The summed E-state index contributed by atoms with van der Waals surface area (Å²) in [5.74, 6) is 0.729. The molecule has 1 aromatic carbocycles. The summed E-state index contributed by atoms with van der Waals surface area (Å²) >= 11 is 0. The first-order valence-electron chi connectivity index (χ1n) is 6.35. The minimum absolute atomic E-state index is 0.129. The average Bonchev–Trinajstić information content (AvgIpc) is 2.93. The molecule has 1 heterocycles. The van der Waals surface area contributed by atoms with E-state index >= 15 is 0 Å². The molecule has 0 radical (unpaired) electrons. The Balaban J connectivity index is 1.73. The van der Waals surface area contributed by atoms with Gasteiger partial charge in [-0.2, -0.15) is 0 Å². The monoisotopic (exact) mass is 258 g/mol. The van der Waals surface area contributed by atoms with Crippen LogP contribution in [0.25, 0.3) is 0 Å². The molecule has 19 heavy (non-hydrogen) atoms. The first kappa shape index (κ1) is 13.4. The SMILES string of the molecule is N[C@@H](Cc1ccccc1)C(=O)NCCc1ccco1. The van der Waals surface area contributed by atoms with Crippen molar-refractivity contribution in [3.63, 3.8) is 0 Å². The minimum Gasteiger partial charge on any atom is -0.469 e. The summed E-state index contributed by atoms with van der Waals surface area (Å²) < 4.78 is 5.19. The molecule has 0 saturated heterocycles. The summed E-state index contributed by atoms with van der Waals surface area (Å²) in [6.45, 7) is 0.537. The van der Waals surface area contributed by atoms with Crippen molar-refractivity contribution in [2.45, 2.75) is 18.9 Å². The van der Waals surface area contributed by atoms with E-state index in [4.69, 9.17) is 10.2 Å². The minimum atomic E-state index is -0.515. The van der Waals surface area contributed by atoms with Gasteiger partial charge in [-0.25, -0.2) is 0 Å². The van der Waals surface area contributed by atoms with E-state index < -0.39 is 6.04 Å². The Kier molecular flexibility index (Phi) is 4.75. The van der Waals surface area contributed by atoms with Gasteiger partial charge in [0, 0.05) is 13.0 Å². The third-order valence-electron chi connectivity index (χ3n) is 2.89. The van der Waals surface area contributed by atoms with Crippen LogP contribution < -0.4 is 11.1 Å². The Hall–Kier alpha value is -2.07. The smallest absolute Gasteiger partial charge is 0.237 e. The lowest BCUT2D eigenvalue weighted by atomic mass is 10.1. The Labute approximate surface area is 112 Å². The predicted molar refractivity (Wildman–Crippen MR) is 73.5 cm³/mol. The maximum atomic E-state index is 11.8. The van der Waals surface area contributed by atoms with Gasteiger partial charge in [-0.1, -0.05) is 30.3 Å². The largest absolute Gasteiger partial charge is 0.469 e. The number of furan rings is 1. The van der Waals surface area contributed by atoms with Crippen LogP contribution in [0.15, 0.2) is 53.1 Å². The van der Waals surface area contributed by atoms with E-state index in [1.54, 1.807) is 6.26 Å². The molecule has 0 fully saturated rings. The van der Waals surface area contributed by atoms with Crippen molar-refractivity contribution in [3.8, 4) is 0 Å². The lowest BCUT2D eigenvalue weighted by Crippen LogP contribution is -2.42. The zero-order valence-electron chi connectivity index (χ0n) is 10.7. The molecule has 0 saturated carbocycles. The highest BCUT2D eigenvalue weighted by Gasteiger charge is 2.13. The summed E-state index contributed by atoms with van der Waals surface area (Å²) in [6, 6.07) is 13.0. The number of nitrogens with two attached hydrogens (primary N) is 1. The maximum absolute atomic E-state index is 11.8. The van der Waals surface area contributed by atoms with Gasteiger partial charge in [0.05, 0.1) is 12.3 Å². The molecule has 1 amide bonds. The molecule has 2 rings (SSSR count). The van der Waals surface area contributed by atoms with Crippen LogP contribution in [0.5, 0.6) is 0 Å². The van der Waals surface area contributed by atoms with E-state index in [1.165, 1.54) is 0 Å². The van der Waals surface area contributed by atoms with Crippen LogP contribution in [0.3, 0.4) is 0 Å². The Morgan fingerprint density at radius 2 is 2.00 bits per heavy atom. The molecule has 0 aliphatic heterocycles. The molecule has 4 heteroatoms. The van der Waals surface area contributed by atoms with Gasteiger partial charge in [0.15, 0.2) is 0 Å². The number of amides is 1. The number of rotatable bonds is 6. The number of hydrogen-bond donors (Lipinski definition) is 2. The molecular formula is C15H18N2O2. The van der Waals surface area contributed by atoms with Crippen molar-refractivity contribution >= 4 is 5.91 Å². The number of nitrogens with one attached hydrogen (secondary N) is 1. The van der Waals surface area contributed by atoms with Crippen LogP contribution in [0.2, 0.25) is 0 Å². The van der Waals surface area contributed by atoms with Crippen molar-refractivity contribution < 1.29 is 9.21 Å². The number of benzene rings is 1. The quantitative estimate of drug-likeness (QED) is 0.825. The summed E-state index contributed by atoms with van der Waals surface area (Å²) in [6.07, 6.45) is 2.85.